The second kappa shape index (κ2) is 10.3. The summed E-state index contributed by atoms with van der Waals surface area (Å²) in [6.07, 6.45) is 5.23. The molecule has 0 radical (unpaired) electrons. The molecular weight excluding hydrogens is 533 g/mol. The molecule has 0 unspecified atom stereocenters. The molecular formula is C25H31ClFN7O3S. The van der Waals surface area contributed by atoms with Gasteiger partial charge in [0.15, 0.2) is 5.82 Å². The minimum Gasteiger partial charge on any atom is -0.488 e. The first-order valence-electron chi connectivity index (χ1n) is 12.6. The third-order valence-corrected chi connectivity index (χ3v) is 9.22. The predicted octanol–water partition coefficient (Wildman–Crippen LogP) is 4.46. The van der Waals surface area contributed by atoms with E-state index in [2.05, 4.69) is 31.0 Å². The van der Waals surface area contributed by atoms with Gasteiger partial charge in [0.25, 0.3) is 0 Å². The van der Waals surface area contributed by atoms with E-state index in [-0.39, 0.29) is 45.3 Å². The molecule has 13 heteroatoms. The maximum Gasteiger partial charge on any atom is 0.229 e. The Morgan fingerprint density at radius 3 is 2.68 bits per heavy atom. The van der Waals surface area contributed by atoms with Gasteiger partial charge in [-0.15, -0.1) is 0 Å². The summed E-state index contributed by atoms with van der Waals surface area (Å²) in [6, 6.07) is 1.44. The summed E-state index contributed by atoms with van der Waals surface area (Å²) in [4.78, 5) is 8.69. The lowest BCUT2D eigenvalue weighted by Gasteiger charge is -2.25. The van der Waals surface area contributed by atoms with Crippen LogP contribution >= 0.6 is 11.6 Å². The number of hydrogen-bond donors (Lipinski definition) is 3. The molecule has 10 nitrogen and oxygen atoms in total. The van der Waals surface area contributed by atoms with Gasteiger partial charge in [-0.2, -0.15) is 10.1 Å². The Balaban J connectivity index is 1.47. The lowest BCUT2D eigenvalue weighted by Crippen LogP contribution is -2.27. The van der Waals surface area contributed by atoms with Crippen LogP contribution in [0.4, 0.5) is 27.5 Å². The fourth-order valence-corrected chi connectivity index (χ4v) is 6.20. The van der Waals surface area contributed by atoms with Crippen LogP contribution in [0.2, 0.25) is 5.02 Å². The monoisotopic (exact) mass is 563 g/mol. The van der Waals surface area contributed by atoms with Crippen LogP contribution in [0.5, 0.6) is 5.75 Å². The van der Waals surface area contributed by atoms with Crippen molar-refractivity contribution >= 4 is 44.6 Å². The minimum absolute atomic E-state index is 0.0805. The molecule has 2 aliphatic rings. The molecule has 3 aromatic rings. The summed E-state index contributed by atoms with van der Waals surface area (Å²) >= 11 is 6.35. The van der Waals surface area contributed by atoms with Crippen molar-refractivity contribution < 1.29 is 17.5 Å². The lowest BCUT2D eigenvalue weighted by molar-refractivity contribution is 0.255. The van der Waals surface area contributed by atoms with E-state index < -0.39 is 15.1 Å². The third-order valence-electron chi connectivity index (χ3n) is 6.86. The zero-order valence-corrected chi connectivity index (χ0v) is 23.2. The summed E-state index contributed by atoms with van der Waals surface area (Å²) in [6.45, 7) is 6.86. The molecule has 38 heavy (non-hydrogen) atoms. The molecule has 5 rings (SSSR count). The van der Waals surface area contributed by atoms with Crippen molar-refractivity contribution in [3.8, 4) is 5.75 Å². The predicted molar refractivity (Wildman–Crippen MR) is 144 cm³/mol. The van der Waals surface area contributed by atoms with Crippen molar-refractivity contribution in [3.63, 3.8) is 0 Å². The average molecular weight is 564 g/mol. The Bertz CT molecular complexity index is 1470. The molecule has 1 fully saturated rings. The van der Waals surface area contributed by atoms with Crippen molar-refractivity contribution in [1.82, 2.24) is 25.1 Å². The van der Waals surface area contributed by atoms with Gasteiger partial charge >= 0.3 is 0 Å². The van der Waals surface area contributed by atoms with Crippen molar-refractivity contribution in [2.24, 2.45) is 7.05 Å². The van der Waals surface area contributed by atoms with E-state index >= 15 is 4.39 Å². The summed E-state index contributed by atoms with van der Waals surface area (Å²) in [5.41, 5.74) is 2.30. The van der Waals surface area contributed by atoms with Crippen LogP contribution < -0.4 is 20.7 Å². The summed E-state index contributed by atoms with van der Waals surface area (Å²) in [5, 5.41) is 12.9. The fraction of sp³-hybridized carbons (Fsp3) is 0.480. The smallest absolute Gasteiger partial charge is 0.229 e. The van der Waals surface area contributed by atoms with Crippen LogP contribution in [0.1, 0.15) is 50.7 Å². The number of nitrogens with one attached hydrogen (secondary N) is 3. The summed E-state index contributed by atoms with van der Waals surface area (Å²) < 4.78 is 48.6. The standard InChI is InChI=1S/C25H31ClFN7O3S/c1-13(2)38(35,36)24-20(12-34(4)33-24)30-23-17(26)11-29-25(32-23)31-19-10-18(27)21(15-5-7-28-8-6-15)16-9-14(3)37-22(16)19/h10-15,28H,5-9H2,1-4H3,(H2,29,30,31,32)/t14-/m1/s1. The zero-order valence-electron chi connectivity index (χ0n) is 21.7. The van der Waals surface area contributed by atoms with Crippen LogP contribution in [0.15, 0.2) is 23.5 Å². The number of nitrogens with zero attached hydrogens (tertiary/aromatic N) is 4. The highest BCUT2D eigenvalue weighted by molar-refractivity contribution is 7.92. The van der Waals surface area contributed by atoms with Gasteiger partial charge in [-0.3, -0.25) is 4.68 Å². The zero-order chi connectivity index (χ0) is 27.2. The van der Waals surface area contributed by atoms with Crippen LogP contribution in [-0.4, -0.2) is 52.6 Å². The van der Waals surface area contributed by atoms with Crippen LogP contribution in [0.3, 0.4) is 0 Å². The maximum absolute atomic E-state index is 15.5. The van der Waals surface area contributed by atoms with Crippen LogP contribution in [0, 0.1) is 5.82 Å². The Morgan fingerprint density at radius 1 is 1.24 bits per heavy atom. The number of ether oxygens (including phenoxy) is 1. The number of piperidine rings is 1. The molecule has 0 bridgehead atoms. The molecule has 3 N–H and O–H groups in total. The van der Waals surface area contributed by atoms with Gasteiger partial charge in [0.2, 0.25) is 20.8 Å². The average Bonchev–Trinajstić information content (AvgIpc) is 3.44. The number of sulfone groups is 1. The topological polar surface area (TPSA) is 123 Å². The van der Waals surface area contributed by atoms with Crippen LogP contribution in [0.25, 0.3) is 0 Å². The molecule has 4 heterocycles. The van der Waals surface area contributed by atoms with E-state index in [4.69, 9.17) is 16.3 Å². The maximum atomic E-state index is 15.5. The second-order valence-electron chi connectivity index (χ2n) is 10.0. The summed E-state index contributed by atoms with van der Waals surface area (Å²) in [5.74, 6) is 0.801. The van der Waals surface area contributed by atoms with Crippen molar-refractivity contribution in [1.29, 1.82) is 0 Å². The van der Waals surface area contributed by atoms with E-state index in [0.717, 1.165) is 37.1 Å². The number of halogens is 2. The van der Waals surface area contributed by atoms with E-state index in [0.29, 0.717) is 17.9 Å². The first kappa shape index (κ1) is 26.6. The number of benzene rings is 1. The third kappa shape index (κ3) is 5.04. The number of anilines is 4. The Kier molecular flexibility index (Phi) is 7.23. The number of aryl methyl sites for hydroxylation is 1. The molecule has 204 valence electrons. The summed E-state index contributed by atoms with van der Waals surface area (Å²) in [7, 11) is -2.04. The van der Waals surface area contributed by atoms with Gasteiger partial charge < -0.3 is 20.7 Å². The normalized spacial score (nSPS) is 17.9. The van der Waals surface area contributed by atoms with Gasteiger partial charge in [0, 0.05) is 31.3 Å². The van der Waals surface area contributed by atoms with Gasteiger partial charge in [0.05, 0.1) is 22.8 Å². The van der Waals surface area contributed by atoms with Gasteiger partial charge in [-0.25, -0.2) is 17.8 Å². The largest absolute Gasteiger partial charge is 0.488 e. The first-order chi connectivity index (χ1) is 18.0. The highest BCUT2D eigenvalue weighted by Gasteiger charge is 2.32. The Hall–Kier alpha value is -2.96. The van der Waals surface area contributed by atoms with E-state index in [1.807, 2.05) is 6.92 Å². The van der Waals surface area contributed by atoms with E-state index in [1.165, 1.54) is 23.1 Å². The van der Waals surface area contributed by atoms with Gasteiger partial charge in [0.1, 0.15) is 22.7 Å². The van der Waals surface area contributed by atoms with Gasteiger partial charge in [-0.1, -0.05) is 11.6 Å². The highest BCUT2D eigenvalue weighted by atomic mass is 35.5. The van der Waals surface area contributed by atoms with Crippen LogP contribution in [-0.2, 0) is 23.3 Å². The Labute approximate surface area is 226 Å². The quantitative estimate of drug-likeness (QED) is 0.382. The molecule has 1 aromatic carbocycles. The first-order valence-corrected chi connectivity index (χ1v) is 14.5. The molecule has 2 aliphatic heterocycles. The molecule has 2 aromatic heterocycles. The van der Waals surface area contributed by atoms with Crippen molar-refractivity contribution in [2.45, 2.75) is 62.3 Å². The molecule has 1 saturated heterocycles. The molecule has 0 amide bonds. The number of fused-ring (bicyclic) bond motifs is 1. The molecule has 0 aliphatic carbocycles. The lowest BCUT2D eigenvalue weighted by atomic mass is 9.85. The second-order valence-corrected chi connectivity index (χ2v) is 12.9. The van der Waals surface area contributed by atoms with Gasteiger partial charge in [-0.05, 0) is 58.2 Å². The van der Waals surface area contributed by atoms with Crippen molar-refractivity contribution in [3.05, 3.63) is 40.4 Å². The highest BCUT2D eigenvalue weighted by Crippen LogP contribution is 2.45. The minimum atomic E-state index is -3.67. The number of hydrogen-bond acceptors (Lipinski definition) is 9. The number of aromatic nitrogens is 4. The van der Waals surface area contributed by atoms with E-state index in [1.54, 1.807) is 20.9 Å². The molecule has 0 saturated carbocycles. The fourth-order valence-electron chi connectivity index (χ4n) is 4.96. The number of rotatable bonds is 7. The SMILES string of the molecule is CC(C)S(=O)(=O)c1nn(C)cc1Nc1nc(Nc2cc(F)c(C3CCNCC3)c3c2O[C@H](C)C3)ncc1Cl. The van der Waals surface area contributed by atoms with Crippen molar-refractivity contribution in [2.75, 3.05) is 23.7 Å². The van der Waals surface area contributed by atoms with E-state index in [9.17, 15) is 8.42 Å². The molecule has 1 atom stereocenters. The molecule has 0 spiro atoms. The Morgan fingerprint density at radius 2 is 1.97 bits per heavy atom.